The van der Waals surface area contributed by atoms with Gasteiger partial charge in [-0.05, 0) is 102 Å². The summed E-state index contributed by atoms with van der Waals surface area (Å²) in [6, 6.07) is 11.4. The Balaban J connectivity index is 1.36. The van der Waals surface area contributed by atoms with Crippen molar-refractivity contribution < 1.29 is 47.7 Å². The van der Waals surface area contributed by atoms with Crippen LogP contribution in [-0.2, 0) is 46.4 Å². The van der Waals surface area contributed by atoms with E-state index in [1.54, 1.807) is 53.7 Å². The molecule has 2 aromatic carbocycles. The first-order valence-electron chi connectivity index (χ1n) is 17.4. The zero-order valence-electron chi connectivity index (χ0n) is 31.0. The summed E-state index contributed by atoms with van der Waals surface area (Å²) >= 11 is 0. The molecule has 1 saturated heterocycles. The third kappa shape index (κ3) is 9.69. The van der Waals surface area contributed by atoms with Gasteiger partial charge in [-0.15, -0.1) is 0 Å². The Morgan fingerprint density at radius 2 is 1.66 bits per heavy atom. The number of amides is 5. The van der Waals surface area contributed by atoms with E-state index in [2.05, 4.69) is 5.32 Å². The third-order valence-corrected chi connectivity index (χ3v) is 8.46. The summed E-state index contributed by atoms with van der Waals surface area (Å²) in [4.78, 5) is 83.2. The van der Waals surface area contributed by atoms with Gasteiger partial charge in [0.05, 0.1) is 24.8 Å². The van der Waals surface area contributed by atoms with Crippen molar-refractivity contribution in [3.63, 3.8) is 0 Å². The van der Waals surface area contributed by atoms with Gasteiger partial charge in [-0.1, -0.05) is 6.07 Å². The number of nitrogens with one attached hydrogen (secondary N) is 1. The van der Waals surface area contributed by atoms with Gasteiger partial charge in [0.15, 0.2) is 6.10 Å². The van der Waals surface area contributed by atoms with Crippen molar-refractivity contribution in [2.24, 2.45) is 5.92 Å². The van der Waals surface area contributed by atoms with E-state index in [-0.39, 0.29) is 35.9 Å². The van der Waals surface area contributed by atoms with Crippen LogP contribution >= 0.6 is 0 Å². The molecule has 2 aliphatic heterocycles. The number of nitrogens with zero attached hydrogens (tertiary/aromatic N) is 4. The lowest BCUT2D eigenvalue weighted by atomic mass is 10.0. The maximum atomic E-state index is 13.9. The molecule has 1 N–H and O–H groups in total. The molecule has 5 amide bonds. The van der Waals surface area contributed by atoms with E-state index < -0.39 is 59.9 Å². The molecule has 0 radical (unpaired) electrons. The van der Waals surface area contributed by atoms with E-state index in [0.29, 0.717) is 35.2 Å². The van der Waals surface area contributed by atoms with Crippen LogP contribution in [0.1, 0.15) is 88.4 Å². The van der Waals surface area contributed by atoms with E-state index >= 15 is 0 Å². The lowest BCUT2D eigenvalue weighted by Gasteiger charge is -2.35. The number of fused-ring (bicyclic) bond motifs is 1. The number of imide groups is 1. The van der Waals surface area contributed by atoms with Crippen molar-refractivity contribution in [1.82, 2.24) is 9.80 Å². The minimum Gasteiger partial charge on any atom is -0.449 e. The number of anilines is 2. The first-order chi connectivity index (χ1) is 24.8. The number of ether oxygens (including phenoxy) is 4. The van der Waals surface area contributed by atoms with Crippen LogP contribution in [0.5, 0.6) is 0 Å². The van der Waals surface area contributed by atoms with Crippen LogP contribution in [-0.4, -0.2) is 88.8 Å². The van der Waals surface area contributed by atoms with E-state index in [0.717, 1.165) is 25.3 Å². The fourth-order valence-electron chi connectivity index (χ4n) is 5.92. The van der Waals surface area contributed by atoms with Gasteiger partial charge in [0.25, 0.3) is 17.7 Å². The highest BCUT2D eigenvalue weighted by atomic mass is 16.6. The zero-order chi connectivity index (χ0) is 38.8. The van der Waals surface area contributed by atoms with Crippen LogP contribution < -0.4 is 10.2 Å². The molecule has 0 spiro atoms. The highest BCUT2D eigenvalue weighted by Crippen LogP contribution is 2.35. The number of benzene rings is 2. The molecule has 1 aliphatic carbocycles. The Labute approximate surface area is 308 Å². The molecule has 3 aliphatic rings. The van der Waals surface area contributed by atoms with Gasteiger partial charge in [0, 0.05) is 43.5 Å². The number of esters is 1. The summed E-state index contributed by atoms with van der Waals surface area (Å²) in [5.74, 6) is -1.97. The van der Waals surface area contributed by atoms with Crippen LogP contribution in [0.25, 0.3) is 0 Å². The molecular formula is C38H45N5O10. The van der Waals surface area contributed by atoms with Gasteiger partial charge >= 0.3 is 18.2 Å². The smallest absolute Gasteiger partial charge is 0.420 e. The summed E-state index contributed by atoms with van der Waals surface area (Å²) in [6.45, 7) is 11.8. The topological polar surface area (TPSA) is 185 Å². The quantitative estimate of drug-likeness (QED) is 0.273. The van der Waals surface area contributed by atoms with Crippen LogP contribution in [0.3, 0.4) is 0 Å². The van der Waals surface area contributed by atoms with E-state index in [1.807, 2.05) is 17.0 Å². The van der Waals surface area contributed by atoms with Crippen molar-refractivity contribution >= 4 is 47.3 Å². The molecule has 15 nitrogen and oxygen atoms in total. The average Bonchev–Trinajstić information content (AvgIpc) is 3.83. The van der Waals surface area contributed by atoms with Crippen LogP contribution in [0.15, 0.2) is 36.4 Å². The molecule has 2 heterocycles. The number of nitriles is 1. The normalized spacial score (nSPS) is 17.7. The fraction of sp³-hybridized carbons (Fsp3) is 0.500. The number of hydrogen-bond donors (Lipinski definition) is 1. The van der Waals surface area contributed by atoms with E-state index in [9.17, 15) is 34.0 Å². The van der Waals surface area contributed by atoms with E-state index in [4.69, 9.17) is 18.9 Å². The molecule has 282 valence electrons. The Hall–Kier alpha value is -5.49. The first kappa shape index (κ1) is 38.7. The first-order valence-corrected chi connectivity index (χ1v) is 17.4. The van der Waals surface area contributed by atoms with Crippen molar-refractivity contribution in [1.29, 1.82) is 5.26 Å². The Bertz CT molecular complexity index is 1820. The van der Waals surface area contributed by atoms with Gasteiger partial charge in [0.2, 0.25) is 6.10 Å². The SMILES string of the molecule is CC(=O)OC(C(=O)Nc1ccc(C#N)c(CN(C(=O)OC(C)(C)C)C(=O)OC(C)(C)C)c1)C1OCCN(c2ccc3c(c2)C(=O)N(CC2CC2)C3)C1=O. The average molecular weight is 732 g/mol. The van der Waals surface area contributed by atoms with Crippen molar-refractivity contribution in [2.75, 3.05) is 29.9 Å². The van der Waals surface area contributed by atoms with Crippen LogP contribution in [0, 0.1) is 17.2 Å². The minimum absolute atomic E-state index is 0.00642. The number of carbonyl (C=O) groups is 6. The maximum Gasteiger partial charge on any atom is 0.420 e. The Kier molecular flexibility index (Phi) is 11.1. The summed E-state index contributed by atoms with van der Waals surface area (Å²) in [5.41, 5.74) is 0.257. The second kappa shape index (κ2) is 15.2. The van der Waals surface area contributed by atoms with Gasteiger partial charge in [0.1, 0.15) is 11.2 Å². The Morgan fingerprint density at radius 3 is 2.25 bits per heavy atom. The second-order valence-electron chi connectivity index (χ2n) is 15.3. The van der Waals surface area contributed by atoms with Gasteiger partial charge in [-0.3, -0.25) is 19.2 Å². The highest BCUT2D eigenvalue weighted by Gasteiger charge is 2.43. The summed E-state index contributed by atoms with van der Waals surface area (Å²) in [5, 5.41) is 12.5. The second-order valence-corrected chi connectivity index (χ2v) is 15.3. The zero-order valence-corrected chi connectivity index (χ0v) is 31.0. The molecule has 2 unspecified atom stereocenters. The molecule has 15 heteroatoms. The largest absolute Gasteiger partial charge is 0.449 e. The monoisotopic (exact) mass is 731 g/mol. The molecule has 5 rings (SSSR count). The molecular weight excluding hydrogens is 686 g/mol. The number of morpholine rings is 1. The summed E-state index contributed by atoms with van der Waals surface area (Å²) in [7, 11) is 0. The predicted octanol–water partition coefficient (Wildman–Crippen LogP) is 4.90. The summed E-state index contributed by atoms with van der Waals surface area (Å²) in [6.07, 6.45) is -3.07. The summed E-state index contributed by atoms with van der Waals surface area (Å²) < 4.78 is 21.9. The van der Waals surface area contributed by atoms with E-state index in [1.165, 1.54) is 23.1 Å². The lowest BCUT2D eigenvalue weighted by Crippen LogP contribution is -2.56. The Morgan fingerprint density at radius 1 is 1.00 bits per heavy atom. The maximum absolute atomic E-state index is 13.9. The van der Waals surface area contributed by atoms with Crippen molar-refractivity contribution in [2.45, 2.75) is 97.8 Å². The number of hydrogen-bond acceptors (Lipinski definition) is 11. The molecule has 1 saturated carbocycles. The predicted molar refractivity (Wildman–Crippen MR) is 189 cm³/mol. The van der Waals surface area contributed by atoms with Gasteiger partial charge < -0.3 is 34.1 Å². The molecule has 2 fully saturated rings. The molecule has 53 heavy (non-hydrogen) atoms. The van der Waals surface area contributed by atoms with Crippen molar-refractivity contribution in [3.05, 3.63) is 58.7 Å². The number of carbonyl (C=O) groups excluding carboxylic acids is 6. The fourth-order valence-corrected chi connectivity index (χ4v) is 5.92. The molecule has 0 bridgehead atoms. The van der Waals surface area contributed by atoms with Gasteiger partial charge in [-0.2, -0.15) is 5.26 Å². The standard InChI is InChI=1S/C38H45N5O10/c1-22(44)51-30(31-34(47)42(14-15-50-31)28-13-11-25-20-41(19-23-8-9-23)33(46)29(25)17-28)32(45)40-27-12-10-24(18-39)26(16-27)21-43(35(48)52-37(2,3)4)36(49)53-38(5,6)7/h10-13,16-17,23,30-31H,8-9,14-15,19-21H2,1-7H3,(H,40,45). The number of rotatable bonds is 9. The van der Waals surface area contributed by atoms with Crippen LogP contribution in [0.4, 0.5) is 21.0 Å². The lowest BCUT2D eigenvalue weighted by molar-refractivity contribution is -0.167. The van der Waals surface area contributed by atoms with Crippen LogP contribution in [0.2, 0.25) is 0 Å². The van der Waals surface area contributed by atoms with Gasteiger partial charge in [-0.25, -0.2) is 14.5 Å². The third-order valence-electron chi connectivity index (χ3n) is 8.46. The highest BCUT2D eigenvalue weighted by molar-refractivity contribution is 6.06. The van der Waals surface area contributed by atoms with Crippen molar-refractivity contribution in [3.8, 4) is 6.07 Å². The minimum atomic E-state index is -1.73. The molecule has 2 aromatic rings. The molecule has 2 atom stereocenters. The molecule has 0 aromatic heterocycles.